The summed E-state index contributed by atoms with van der Waals surface area (Å²) >= 11 is 0. The first-order valence-corrected chi connectivity index (χ1v) is 12.1. The third-order valence-electron chi connectivity index (χ3n) is 6.43. The van der Waals surface area contributed by atoms with E-state index >= 15 is 0 Å². The van der Waals surface area contributed by atoms with Crippen LogP contribution in [0.4, 0.5) is 0 Å². The Hall–Kier alpha value is -4.59. The SMILES string of the molecule is O=C(COC(=O)c1c2c(nc3ccccc13)/C(=C/c1ccco1)CC2)NCC1COc2ccccc2O1. The van der Waals surface area contributed by atoms with Gasteiger partial charge in [-0.05, 0) is 60.4 Å². The summed E-state index contributed by atoms with van der Waals surface area (Å²) in [6.07, 6.45) is 4.62. The Kier molecular flexibility index (Phi) is 6.06. The minimum Gasteiger partial charge on any atom is -0.486 e. The van der Waals surface area contributed by atoms with Crippen LogP contribution in [-0.4, -0.2) is 42.7 Å². The zero-order valence-corrected chi connectivity index (χ0v) is 19.9. The highest BCUT2D eigenvalue weighted by Crippen LogP contribution is 2.38. The number of hydrogen-bond donors (Lipinski definition) is 1. The molecule has 2 aromatic heterocycles. The van der Waals surface area contributed by atoms with Crippen LogP contribution in [0.5, 0.6) is 11.5 Å². The lowest BCUT2D eigenvalue weighted by atomic mass is 10.0. The molecule has 1 aliphatic carbocycles. The van der Waals surface area contributed by atoms with Gasteiger partial charge in [-0.25, -0.2) is 9.78 Å². The van der Waals surface area contributed by atoms with Gasteiger partial charge in [0.05, 0.1) is 29.6 Å². The number of allylic oxidation sites excluding steroid dienone is 1. The van der Waals surface area contributed by atoms with Crippen molar-refractivity contribution >= 4 is 34.4 Å². The van der Waals surface area contributed by atoms with Crippen molar-refractivity contribution in [1.82, 2.24) is 10.3 Å². The Labute approximate surface area is 212 Å². The Bertz CT molecular complexity index is 1510. The van der Waals surface area contributed by atoms with Gasteiger partial charge < -0.3 is 23.9 Å². The minimum absolute atomic E-state index is 0.235. The summed E-state index contributed by atoms with van der Waals surface area (Å²) in [4.78, 5) is 30.6. The minimum atomic E-state index is -0.546. The molecule has 0 spiro atoms. The molecule has 8 heteroatoms. The summed E-state index contributed by atoms with van der Waals surface area (Å²) < 4.78 is 22.5. The number of rotatable bonds is 6. The largest absolute Gasteiger partial charge is 0.486 e. The molecule has 3 heterocycles. The summed E-state index contributed by atoms with van der Waals surface area (Å²) in [5.74, 6) is 1.09. The summed E-state index contributed by atoms with van der Waals surface area (Å²) in [5.41, 5.74) is 3.74. The second kappa shape index (κ2) is 9.81. The van der Waals surface area contributed by atoms with Crippen molar-refractivity contribution in [2.45, 2.75) is 18.9 Å². The van der Waals surface area contributed by atoms with Gasteiger partial charge in [-0.15, -0.1) is 0 Å². The first-order valence-electron chi connectivity index (χ1n) is 12.1. The van der Waals surface area contributed by atoms with Crippen LogP contribution in [0.3, 0.4) is 0 Å². The van der Waals surface area contributed by atoms with E-state index in [4.69, 9.17) is 23.6 Å². The number of amides is 1. The maximum Gasteiger partial charge on any atom is 0.339 e. The summed E-state index contributed by atoms with van der Waals surface area (Å²) in [5, 5.41) is 3.46. The van der Waals surface area contributed by atoms with Crippen LogP contribution < -0.4 is 14.8 Å². The molecule has 37 heavy (non-hydrogen) atoms. The van der Waals surface area contributed by atoms with Gasteiger partial charge >= 0.3 is 5.97 Å². The Morgan fingerprint density at radius 2 is 1.86 bits per heavy atom. The van der Waals surface area contributed by atoms with E-state index in [1.54, 1.807) is 6.26 Å². The number of esters is 1. The normalized spacial score (nSPS) is 17.0. The molecule has 0 saturated heterocycles. The Balaban J connectivity index is 1.15. The van der Waals surface area contributed by atoms with Crippen molar-refractivity contribution in [1.29, 1.82) is 0 Å². The number of ether oxygens (including phenoxy) is 3. The topological polar surface area (TPSA) is 99.9 Å². The molecule has 0 radical (unpaired) electrons. The molecule has 0 bridgehead atoms. The number of hydrogen-bond acceptors (Lipinski definition) is 7. The molecule has 1 atom stereocenters. The average molecular weight is 497 g/mol. The lowest BCUT2D eigenvalue weighted by Crippen LogP contribution is -2.42. The van der Waals surface area contributed by atoms with Crippen LogP contribution in [0.25, 0.3) is 22.6 Å². The number of benzene rings is 2. The van der Waals surface area contributed by atoms with Crippen molar-refractivity contribution in [2.75, 3.05) is 19.8 Å². The molecule has 1 unspecified atom stereocenters. The number of nitrogens with one attached hydrogen (secondary N) is 1. The number of carbonyl (C=O) groups is 2. The molecule has 0 fully saturated rings. The highest BCUT2D eigenvalue weighted by Gasteiger charge is 2.28. The Morgan fingerprint density at radius 1 is 1.03 bits per heavy atom. The lowest BCUT2D eigenvalue weighted by molar-refractivity contribution is -0.124. The van der Waals surface area contributed by atoms with E-state index in [1.807, 2.05) is 66.7 Å². The highest BCUT2D eigenvalue weighted by atomic mass is 16.6. The molecule has 1 amide bonds. The maximum absolute atomic E-state index is 13.3. The van der Waals surface area contributed by atoms with Crippen LogP contribution in [0.1, 0.15) is 33.8 Å². The van der Waals surface area contributed by atoms with Gasteiger partial charge in [-0.3, -0.25) is 4.79 Å². The number of pyridine rings is 1. The first kappa shape index (κ1) is 22.8. The maximum atomic E-state index is 13.3. The zero-order valence-electron chi connectivity index (χ0n) is 19.9. The monoisotopic (exact) mass is 496 g/mol. The lowest BCUT2D eigenvalue weighted by Gasteiger charge is -2.26. The van der Waals surface area contributed by atoms with E-state index in [1.165, 1.54) is 0 Å². The number of para-hydroxylation sites is 3. The van der Waals surface area contributed by atoms with Crippen LogP contribution in [0.2, 0.25) is 0 Å². The van der Waals surface area contributed by atoms with Crippen molar-refractivity contribution in [3.05, 3.63) is 89.5 Å². The fourth-order valence-electron chi connectivity index (χ4n) is 4.70. The number of furan rings is 1. The van der Waals surface area contributed by atoms with E-state index in [9.17, 15) is 9.59 Å². The molecule has 1 N–H and O–H groups in total. The van der Waals surface area contributed by atoms with E-state index in [0.717, 1.165) is 29.0 Å². The molecular weight excluding hydrogens is 472 g/mol. The van der Waals surface area contributed by atoms with Gasteiger partial charge in [0.2, 0.25) is 0 Å². The third kappa shape index (κ3) is 4.65. The van der Waals surface area contributed by atoms with Crippen molar-refractivity contribution in [3.8, 4) is 11.5 Å². The quantitative estimate of drug-likeness (QED) is 0.394. The van der Waals surface area contributed by atoms with Gasteiger partial charge in [0.1, 0.15) is 18.5 Å². The fraction of sp³-hybridized carbons (Fsp3) is 0.207. The van der Waals surface area contributed by atoms with E-state index in [2.05, 4.69) is 5.32 Å². The van der Waals surface area contributed by atoms with Crippen LogP contribution in [0, 0.1) is 0 Å². The molecule has 4 aromatic rings. The van der Waals surface area contributed by atoms with Gasteiger partial charge in [-0.1, -0.05) is 30.3 Å². The smallest absolute Gasteiger partial charge is 0.339 e. The van der Waals surface area contributed by atoms with Gasteiger partial charge in [0.25, 0.3) is 5.91 Å². The second-order valence-corrected chi connectivity index (χ2v) is 8.89. The molecule has 2 aromatic carbocycles. The van der Waals surface area contributed by atoms with Crippen molar-refractivity contribution < 1.29 is 28.2 Å². The standard InChI is InChI=1S/C29H24N2O6/c32-26(30-15-20-16-35-24-9-3-4-10-25(24)37-20)17-36-29(33)27-21-7-1-2-8-23(21)31-28-18(11-12-22(27)28)14-19-6-5-13-34-19/h1-10,13-14,20H,11-12,15-17H2,(H,30,32)/b18-14+. The number of carbonyl (C=O) groups excluding carboxylic acids is 2. The number of aromatic nitrogens is 1. The van der Waals surface area contributed by atoms with Gasteiger partial charge in [-0.2, -0.15) is 0 Å². The third-order valence-corrected chi connectivity index (χ3v) is 6.43. The Morgan fingerprint density at radius 3 is 2.73 bits per heavy atom. The molecule has 2 aliphatic rings. The predicted molar refractivity (Wildman–Crippen MR) is 136 cm³/mol. The highest BCUT2D eigenvalue weighted by molar-refractivity contribution is 6.07. The van der Waals surface area contributed by atoms with Gasteiger partial charge in [0.15, 0.2) is 18.1 Å². The summed E-state index contributed by atoms with van der Waals surface area (Å²) in [7, 11) is 0. The van der Waals surface area contributed by atoms with Crippen molar-refractivity contribution in [2.24, 2.45) is 0 Å². The average Bonchev–Trinajstić information content (AvgIpc) is 3.59. The van der Waals surface area contributed by atoms with Crippen LogP contribution >= 0.6 is 0 Å². The molecule has 0 saturated carbocycles. The second-order valence-electron chi connectivity index (χ2n) is 8.89. The molecular formula is C29H24N2O6. The zero-order chi connectivity index (χ0) is 25.2. The molecule has 6 rings (SSSR count). The molecule has 186 valence electrons. The fourth-order valence-corrected chi connectivity index (χ4v) is 4.70. The van der Waals surface area contributed by atoms with E-state index < -0.39 is 18.5 Å². The predicted octanol–water partition coefficient (Wildman–Crippen LogP) is 4.43. The number of fused-ring (bicyclic) bond motifs is 3. The number of nitrogens with zero attached hydrogens (tertiary/aromatic N) is 1. The summed E-state index contributed by atoms with van der Waals surface area (Å²) in [6.45, 7) is 0.156. The molecule has 1 aliphatic heterocycles. The summed E-state index contributed by atoms with van der Waals surface area (Å²) in [6, 6.07) is 18.5. The van der Waals surface area contributed by atoms with Crippen LogP contribution in [0.15, 0.2) is 71.3 Å². The van der Waals surface area contributed by atoms with E-state index in [-0.39, 0.29) is 12.6 Å². The molecule has 8 nitrogen and oxygen atoms in total. The first-order chi connectivity index (χ1) is 18.2. The van der Waals surface area contributed by atoms with Gasteiger partial charge in [0, 0.05) is 5.39 Å². The van der Waals surface area contributed by atoms with E-state index in [0.29, 0.717) is 41.0 Å². The van der Waals surface area contributed by atoms with Crippen LogP contribution in [-0.2, 0) is 16.0 Å². The van der Waals surface area contributed by atoms with Crippen molar-refractivity contribution in [3.63, 3.8) is 0 Å².